The van der Waals surface area contributed by atoms with Crippen LogP contribution in [0.1, 0.15) is 24.9 Å². The first-order valence-corrected chi connectivity index (χ1v) is 7.15. The summed E-state index contributed by atoms with van der Waals surface area (Å²) >= 11 is 5.83. The SMILES string of the molecule is CC[C@H](NC(=O)Nc1ccc(F)cc1F)c1ccc(Cl)cc1. The molecule has 0 aliphatic heterocycles. The monoisotopic (exact) mass is 324 g/mol. The predicted molar refractivity (Wildman–Crippen MR) is 83.0 cm³/mol. The van der Waals surface area contributed by atoms with E-state index in [2.05, 4.69) is 10.6 Å². The van der Waals surface area contributed by atoms with Gasteiger partial charge in [0.2, 0.25) is 0 Å². The number of anilines is 1. The molecule has 2 amide bonds. The van der Waals surface area contributed by atoms with E-state index >= 15 is 0 Å². The first-order chi connectivity index (χ1) is 10.5. The molecule has 0 unspecified atom stereocenters. The summed E-state index contributed by atoms with van der Waals surface area (Å²) < 4.78 is 26.3. The Labute approximate surface area is 132 Å². The summed E-state index contributed by atoms with van der Waals surface area (Å²) in [4.78, 5) is 12.0. The molecule has 0 bridgehead atoms. The van der Waals surface area contributed by atoms with Crippen LogP contribution in [0.3, 0.4) is 0 Å². The largest absolute Gasteiger partial charge is 0.331 e. The van der Waals surface area contributed by atoms with Gasteiger partial charge in [-0.05, 0) is 36.2 Å². The van der Waals surface area contributed by atoms with Crippen LogP contribution in [0.4, 0.5) is 19.3 Å². The third kappa shape index (κ3) is 4.18. The lowest BCUT2D eigenvalue weighted by atomic mass is 10.1. The fourth-order valence-electron chi connectivity index (χ4n) is 2.02. The lowest BCUT2D eigenvalue weighted by Gasteiger charge is -2.18. The second-order valence-electron chi connectivity index (χ2n) is 4.74. The maximum Gasteiger partial charge on any atom is 0.319 e. The molecule has 0 saturated carbocycles. The molecular weight excluding hydrogens is 310 g/mol. The maximum absolute atomic E-state index is 13.5. The number of rotatable bonds is 4. The van der Waals surface area contributed by atoms with E-state index in [1.54, 1.807) is 12.1 Å². The summed E-state index contributed by atoms with van der Waals surface area (Å²) in [6.07, 6.45) is 0.654. The Hall–Kier alpha value is -2.14. The molecule has 2 rings (SSSR count). The third-order valence-corrected chi connectivity index (χ3v) is 3.42. The Morgan fingerprint density at radius 3 is 2.45 bits per heavy atom. The van der Waals surface area contributed by atoms with Crippen LogP contribution >= 0.6 is 11.6 Å². The van der Waals surface area contributed by atoms with Crippen molar-refractivity contribution >= 4 is 23.3 Å². The van der Waals surface area contributed by atoms with Crippen molar-refractivity contribution in [1.82, 2.24) is 5.32 Å². The van der Waals surface area contributed by atoms with Crippen molar-refractivity contribution in [3.8, 4) is 0 Å². The highest BCUT2D eigenvalue weighted by atomic mass is 35.5. The molecule has 0 aromatic heterocycles. The fourth-order valence-corrected chi connectivity index (χ4v) is 2.15. The maximum atomic E-state index is 13.5. The highest BCUT2D eigenvalue weighted by molar-refractivity contribution is 6.30. The minimum absolute atomic E-state index is 0.0788. The Morgan fingerprint density at radius 2 is 1.86 bits per heavy atom. The molecule has 0 aliphatic rings. The molecule has 3 nitrogen and oxygen atoms in total. The standard InChI is InChI=1S/C16H15ClF2N2O/c1-2-14(10-3-5-11(17)6-4-10)20-16(22)21-15-8-7-12(18)9-13(15)19/h3-9,14H,2H2,1H3,(H2,20,21,22)/t14-/m0/s1. The van der Waals surface area contributed by atoms with Crippen LogP contribution in [0, 0.1) is 11.6 Å². The number of hydrogen-bond donors (Lipinski definition) is 2. The average Bonchev–Trinajstić information content (AvgIpc) is 2.49. The minimum atomic E-state index is -0.824. The molecule has 0 heterocycles. The van der Waals surface area contributed by atoms with Gasteiger partial charge >= 0.3 is 6.03 Å². The molecule has 2 aromatic carbocycles. The fraction of sp³-hybridized carbons (Fsp3) is 0.188. The number of carbonyl (C=O) groups is 1. The number of nitrogens with one attached hydrogen (secondary N) is 2. The van der Waals surface area contributed by atoms with E-state index in [1.165, 1.54) is 6.07 Å². The Bertz CT molecular complexity index is 662. The summed E-state index contributed by atoms with van der Waals surface area (Å²) in [7, 11) is 0. The highest BCUT2D eigenvalue weighted by Gasteiger charge is 2.14. The second kappa shape index (κ2) is 7.22. The van der Waals surface area contributed by atoms with E-state index < -0.39 is 17.7 Å². The Kier molecular flexibility index (Phi) is 5.33. The summed E-state index contributed by atoms with van der Waals surface area (Å²) in [6.45, 7) is 1.91. The van der Waals surface area contributed by atoms with Gasteiger partial charge in [0.15, 0.2) is 0 Å². The number of amides is 2. The molecule has 6 heteroatoms. The van der Waals surface area contributed by atoms with E-state index in [1.807, 2.05) is 19.1 Å². The summed E-state index contributed by atoms with van der Waals surface area (Å²) in [5, 5.41) is 5.71. The summed E-state index contributed by atoms with van der Waals surface area (Å²) in [5.74, 6) is -1.52. The normalized spacial score (nSPS) is 11.8. The number of benzene rings is 2. The number of urea groups is 1. The molecule has 1 atom stereocenters. The number of halogens is 3. The second-order valence-corrected chi connectivity index (χ2v) is 5.17. The lowest BCUT2D eigenvalue weighted by molar-refractivity contribution is 0.248. The van der Waals surface area contributed by atoms with Crippen LogP contribution in [0.5, 0.6) is 0 Å². The van der Waals surface area contributed by atoms with Crippen LogP contribution in [0.25, 0.3) is 0 Å². The van der Waals surface area contributed by atoms with E-state index in [4.69, 9.17) is 11.6 Å². The van der Waals surface area contributed by atoms with Crippen molar-refractivity contribution in [3.63, 3.8) is 0 Å². The molecule has 0 aliphatic carbocycles. The van der Waals surface area contributed by atoms with Gasteiger partial charge in [0.25, 0.3) is 0 Å². The van der Waals surface area contributed by atoms with Gasteiger partial charge in [-0.25, -0.2) is 13.6 Å². The smallest absolute Gasteiger partial charge is 0.319 e. The van der Waals surface area contributed by atoms with E-state index in [0.29, 0.717) is 17.5 Å². The van der Waals surface area contributed by atoms with Gasteiger partial charge in [-0.15, -0.1) is 0 Å². The summed E-state index contributed by atoms with van der Waals surface area (Å²) in [6, 6.07) is 9.27. The van der Waals surface area contributed by atoms with Crippen molar-refractivity contribution in [3.05, 3.63) is 64.7 Å². The molecule has 116 valence electrons. The van der Waals surface area contributed by atoms with Crippen molar-refractivity contribution in [2.45, 2.75) is 19.4 Å². The van der Waals surface area contributed by atoms with Crippen molar-refractivity contribution in [2.24, 2.45) is 0 Å². The van der Waals surface area contributed by atoms with E-state index in [0.717, 1.165) is 11.6 Å². The van der Waals surface area contributed by atoms with Gasteiger partial charge in [0.05, 0.1) is 11.7 Å². The zero-order valence-electron chi connectivity index (χ0n) is 11.9. The van der Waals surface area contributed by atoms with Crippen LogP contribution in [0.15, 0.2) is 42.5 Å². The van der Waals surface area contributed by atoms with Gasteiger partial charge < -0.3 is 10.6 Å². The Morgan fingerprint density at radius 1 is 1.18 bits per heavy atom. The molecule has 0 spiro atoms. The van der Waals surface area contributed by atoms with E-state index in [-0.39, 0.29) is 11.7 Å². The molecule has 0 fully saturated rings. The van der Waals surface area contributed by atoms with Crippen molar-refractivity contribution in [1.29, 1.82) is 0 Å². The van der Waals surface area contributed by atoms with Crippen LogP contribution in [-0.4, -0.2) is 6.03 Å². The predicted octanol–water partition coefficient (Wildman–Crippen LogP) is 4.89. The van der Waals surface area contributed by atoms with Gasteiger partial charge in [-0.2, -0.15) is 0 Å². The first kappa shape index (κ1) is 16.2. The quantitative estimate of drug-likeness (QED) is 0.826. The Balaban J connectivity index is 2.04. The molecule has 22 heavy (non-hydrogen) atoms. The van der Waals surface area contributed by atoms with Crippen LogP contribution in [-0.2, 0) is 0 Å². The van der Waals surface area contributed by atoms with Crippen LogP contribution < -0.4 is 10.6 Å². The average molecular weight is 325 g/mol. The van der Waals surface area contributed by atoms with Gasteiger partial charge in [-0.1, -0.05) is 30.7 Å². The van der Waals surface area contributed by atoms with Gasteiger partial charge in [-0.3, -0.25) is 0 Å². The third-order valence-electron chi connectivity index (χ3n) is 3.17. The summed E-state index contributed by atoms with van der Waals surface area (Å²) in [5.41, 5.74) is 0.812. The zero-order chi connectivity index (χ0) is 16.1. The van der Waals surface area contributed by atoms with Crippen molar-refractivity contribution in [2.75, 3.05) is 5.32 Å². The molecular formula is C16H15ClF2N2O. The minimum Gasteiger partial charge on any atom is -0.331 e. The molecule has 0 radical (unpaired) electrons. The number of carbonyl (C=O) groups excluding carboxylic acids is 1. The van der Waals surface area contributed by atoms with Crippen molar-refractivity contribution < 1.29 is 13.6 Å². The highest BCUT2D eigenvalue weighted by Crippen LogP contribution is 2.20. The first-order valence-electron chi connectivity index (χ1n) is 6.77. The topological polar surface area (TPSA) is 41.1 Å². The molecule has 2 N–H and O–H groups in total. The number of hydrogen-bond acceptors (Lipinski definition) is 1. The molecule has 0 saturated heterocycles. The van der Waals surface area contributed by atoms with Gasteiger partial charge in [0.1, 0.15) is 11.6 Å². The van der Waals surface area contributed by atoms with Gasteiger partial charge in [0, 0.05) is 11.1 Å². The molecule has 2 aromatic rings. The van der Waals surface area contributed by atoms with E-state index in [9.17, 15) is 13.6 Å². The lowest BCUT2D eigenvalue weighted by Crippen LogP contribution is -2.32. The van der Waals surface area contributed by atoms with Crippen LogP contribution in [0.2, 0.25) is 5.02 Å². The zero-order valence-corrected chi connectivity index (χ0v) is 12.6.